The Balaban J connectivity index is 1.93. The van der Waals surface area contributed by atoms with Gasteiger partial charge in [-0.2, -0.15) is 4.98 Å². The molecular weight excluding hydrogens is 517 g/mol. The summed E-state index contributed by atoms with van der Waals surface area (Å²) in [6.45, 7) is 8.06. The first-order chi connectivity index (χ1) is 18.7. The van der Waals surface area contributed by atoms with Crippen LogP contribution in [0.5, 0.6) is 0 Å². The first-order valence-corrected chi connectivity index (χ1v) is 17.0. The Morgan fingerprint density at radius 1 is 0.923 bits per heavy atom. The third-order valence-corrected chi connectivity index (χ3v) is 7.83. The zero-order chi connectivity index (χ0) is 28.8. The molecule has 3 N–H and O–H groups in total. The fraction of sp³-hybridized carbons (Fsp3) is 0.862. The molecule has 9 nitrogen and oxygen atoms in total. The van der Waals surface area contributed by atoms with E-state index in [9.17, 15) is 14.3 Å². The summed E-state index contributed by atoms with van der Waals surface area (Å²) >= 11 is 0. The highest BCUT2D eigenvalue weighted by Crippen LogP contribution is 2.42. The van der Waals surface area contributed by atoms with Crippen LogP contribution < -0.4 is 11.4 Å². The molecule has 0 saturated heterocycles. The van der Waals surface area contributed by atoms with Crippen molar-refractivity contribution in [1.29, 1.82) is 0 Å². The van der Waals surface area contributed by atoms with Crippen LogP contribution in [0.1, 0.15) is 117 Å². The third-order valence-electron chi connectivity index (χ3n) is 6.77. The SMILES string of the molecule is CCC(Cn1ccc(N)nc1=O)OCP(=O)(O)OCCCOCCCCCCCCCCCCCCC(C)C. The molecular formula is C29H56N3O6P. The number of rotatable bonds is 26. The molecule has 0 aliphatic carbocycles. The van der Waals surface area contributed by atoms with Gasteiger partial charge in [0.05, 0.1) is 19.3 Å². The van der Waals surface area contributed by atoms with Crippen LogP contribution in [0.25, 0.3) is 0 Å². The molecule has 39 heavy (non-hydrogen) atoms. The van der Waals surface area contributed by atoms with Crippen molar-refractivity contribution < 1.29 is 23.5 Å². The van der Waals surface area contributed by atoms with Crippen molar-refractivity contribution >= 4 is 13.4 Å². The zero-order valence-electron chi connectivity index (χ0n) is 24.9. The number of anilines is 1. The van der Waals surface area contributed by atoms with Crippen LogP contribution in [0.4, 0.5) is 5.82 Å². The average molecular weight is 574 g/mol. The second-order valence-electron chi connectivity index (χ2n) is 11.0. The molecule has 0 spiro atoms. The Labute approximate surface area is 236 Å². The zero-order valence-corrected chi connectivity index (χ0v) is 25.8. The second-order valence-corrected chi connectivity index (χ2v) is 12.8. The van der Waals surface area contributed by atoms with Crippen LogP contribution in [-0.4, -0.2) is 46.7 Å². The Kier molecular flexibility index (Phi) is 20.6. The largest absolute Gasteiger partial charge is 0.383 e. The van der Waals surface area contributed by atoms with Crippen LogP contribution in [0.15, 0.2) is 17.1 Å². The Hall–Kier alpha value is -1.25. The summed E-state index contributed by atoms with van der Waals surface area (Å²) < 4.78 is 30.0. The molecule has 0 aliphatic heterocycles. The van der Waals surface area contributed by atoms with Crippen molar-refractivity contribution in [3.05, 3.63) is 22.7 Å². The van der Waals surface area contributed by atoms with E-state index in [1.165, 1.54) is 93.9 Å². The molecule has 228 valence electrons. The van der Waals surface area contributed by atoms with Crippen LogP contribution in [0, 0.1) is 5.92 Å². The second kappa shape index (κ2) is 22.4. The fourth-order valence-corrected chi connectivity index (χ4v) is 5.22. The van der Waals surface area contributed by atoms with E-state index in [0.717, 1.165) is 12.3 Å². The monoisotopic (exact) mass is 573 g/mol. The standard InChI is InChI=1S/C29H56N3O6P/c1-4-27(24-32-20-19-28(30)31-29(32)33)37-25-39(34,35)38-23-17-22-36-21-16-14-12-10-8-6-5-7-9-11-13-15-18-26(2)3/h19-20,26-27H,4-18,21-25H2,1-3H3,(H,34,35)(H2,30,31,33). The van der Waals surface area contributed by atoms with Crippen molar-refractivity contribution in [3.8, 4) is 0 Å². The lowest BCUT2D eigenvalue weighted by Gasteiger charge is -2.19. The lowest BCUT2D eigenvalue weighted by Crippen LogP contribution is -2.30. The maximum atomic E-state index is 12.3. The van der Waals surface area contributed by atoms with E-state index < -0.39 is 25.7 Å². The summed E-state index contributed by atoms with van der Waals surface area (Å²) in [5, 5.41) is 0. The number of ether oxygens (including phenoxy) is 2. The van der Waals surface area contributed by atoms with Crippen molar-refractivity contribution in [2.45, 2.75) is 130 Å². The molecule has 0 radical (unpaired) electrons. The van der Waals surface area contributed by atoms with Crippen LogP contribution in [-0.2, 0) is 25.1 Å². The van der Waals surface area contributed by atoms with Gasteiger partial charge >= 0.3 is 13.3 Å². The number of hydrogen-bond acceptors (Lipinski definition) is 7. The summed E-state index contributed by atoms with van der Waals surface area (Å²) in [4.78, 5) is 25.6. The van der Waals surface area contributed by atoms with Crippen LogP contribution in [0.2, 0.25) is 0 Å². The highest BCUT2D eigenvalue weighted by atomic mass is 31.2. The Morgan fingerprint density at radius 2 is 1.49 bits per heavy atom. The predicted octanol–water partition coefficient (Wildman–Crippen LogP) is 6.91. The van der Waals surface area contributed by atoms with Gasteiger partial charge < -0.3 is 24.6 Å². The lowest BCUT2D eigenvalue weighted by atomic mass is 10.0. The van der Waals surface area contributed by atoms with E-state index in [0.29, 0.717) is 26.1 Å². The van der Waals surface area contributed by atoms with Crippen molar-refractivity contribution in [3.63, 3.8) is 0 Å². The Bertz CT molecular complexity index is 835. The summed E-state index contributed by atoms with van der Waals surface area (Å²) in [5.41, 5.74) is 5.02. The molecule has 1 aromatic heterocycles. The molecule has 2 unspecified atom stereocenters. The van der Waals surface area contributed by atoms with Gasteiger partial charge in [-0.3, -0.25) is 9.13 Å². The predicted molar refractivity (Wildman–Crippen MR) is 159 cm³/mol. The van der Waals surface area contributed by atoms with Gasteiger partial charge in [0.25, 0.3) is 0 Å². The summed E-state index contributed by atoms with van der Waals surface area (Å²) in [6, 6.07) is 1.52. The molecule has 2 atom stereocenters. The number of nitrogens with zero attached hydrogens (tertiary/aromatic N) is 2. The topological polar surface area (TPSA) is 126 Å². The van der Waals surface area contributed by atoms with Gasteiger partial charge in [-0.15, -0.1) is 0 Å². The Morgan fingerprint density at radius 3 is 2.05 bits per heavy atom. The molecule has 10 heteroatoms. The van der Waals surface area contributed by atoms with E-state index in [4.69, 9.17) is 19.7 Å². The number of unbranched alkanes of at least 4 members (excludes halogenated alkanes) is 11. The van der Waals surface area contributed by atoms with Gasteiger partial charge in [0.1, 0.15) is 12.2 Å². The van der Waals surface area contributed by atoms with E-state index in [1.54, 1.807) is 0 Å². The lowest BCUT2D eigenvalue weighted by molar-refractivity contribution is 0.0532. The van der Waals surface area contributed by atoms with E-state index in [2.05, 4.69) is 18.8 Å². The van der Waals surface area contributed by atoms with E-state index in [1.807, 2.05) is 6.92 Å². The maximum Gasteiger partial charge on any atom is 0.353 e. The molecule has 0 saturated carbocycles. The molecule has 0 bridgehead atoms. The molecule has 1 aromatic rings. The average Bonchev–Trinajstić information content (AvgIpc) is 2.88. The summed E-state index contributed by atoms with van der Waals surface area (Å²) in [5.74, 6) is 0.996. The summed E-state index contributed by atoms with van der Waals surface area (Å²) in [7, 11) is -3.88. The van der Waals surface area contributed by atoms with E-state index >= 15 is 0 Å². The van der Waals surface area contributed by atoms with Crippen LogP contribution in [0.3, 0.4) is 0 Å². The normalized spacial score (nSPS) is 14.1. The minimum Gasteiger partial charge on any atom is -0.383 e. The highest BCUT2D eigenvalue weighted by molar-refractivity contribution is 7.52. The molecule has 0 fully saturated rings. The smallest absolute Gasteiger partial charge is 0.353 e. The first-order valence-electron chi connectivity index (χ1n) is 15.2. The fourth-order valence-electron chi connectivity index (χ4n) is 4.33. The number of nitrogens with two attached hydrogens (primary N) is 1. The van der Waals surface area contributed by atoms with Crippen molar-refractivity contribution in [1.82, 2.24) is 9.55 Å². The van der Waals surface area contributed by atoms with Gasteiger partial charge in [-0.25, -0.2) is 4.79 Å². The number of hydrogen-bond donors (Lipinski definition) is 2. The molecule has 0 aromatic carbocycles. The van der Waals surface area contributed by atoms with Crippen molar-refractivity contribution in [2.75, 3.05) is 31.9 Å². The third kappa shape index (κ3) is 20.3. The van der Waals surface area contributed by atoms with Crippen molar-refractivity contribution in [2.24, 2.45) is 5.92 Å². The minimum absolute atomic E-state index is 0.132. The highest BCUT2D eigenvalue weighted by Gasteiger charge is 2.22. The van der Waals surface area contributed by atoms with E-state index in [-0.39, 0.29) is 19.0 Å². The van der Waals surface area contributed by atoms with Crippen LogP contribution >= 0.6 is 7.60 Å². The summed E-state index contributed by atoms with van der Waals surface area (Å²) in [6.07, 6.45) is 19.0. The molecule has 1 rings (SSSR count). The van der Waals surface area contributed by atoms with Gasteiger partial charge in [-0.1, -0.05) is 97.8 Å². The number of nitrogen functional groups attached to an aromatic ring is 1. The molecule has 1 heterocycles. The van der Waals surface area contributed by atoms with Gasteiger partial charge in [0, 0.05) is 19.4 Å². The number of aromatic nitrogens is 2. The van der Waals surface area contributed by atoms with Gasteiger partial charge in [-0.05, 0) is 31.2 Å². The van der Waals surface area contributed by atoms with Gasteiger partial charge in [0.2, 0.25) is 0 Å². The first kappa shape index (κ1) is 35.8. The van der Waals surface area contributed by atoms with Gasteiger partial charge in [0.15, 0.2) is 0 Å². The minimum atomic E-state index is -3.88. The molecule has 0 amide bonds. The quantitative estimate of drug-likeness (QED) is 0.0904. The molecule has 0 aliphatic rings. The maximum absolute atomic E-state index is 12.3.